The number of rotatable bonds is 12. The zero-order valence-electron chi connectivity index (χ0n) is 17.6. The molecule has 5 atom stereocenters. The van der Waals surface area contributed by atoms with Gasteiger partial charge >= 0.3 is 5.97 Å². The molecule has 162 valence electrons. The van der Waals surface area contributed by atoms with Crippen LogP contribution < -0.4 is 0 Å². The van der Waals surface area contributed by atoms with Crippen molar-refractivity contribution in [3.05, 3.63) is 12.2 Å². The van der Waals surface area contributed by atoms with Gasteiger partial charge < -0.3 is 14.9 Å². The Labute approximate surface area is 175 Å². The molecule has 2 aliphatic rings. The summed E-state index contributed by atoms with van der Waals surface area (Å²) in [5.74, 6) is 0.233. The van der Waals surface area contributed by atoms with Crippen LogP contribution in [0.4, 0.5) is 0 Å². The van der Waals surface area contributed by atoms with E-state index in [0.717, 1.165) is 51.4 Å². The number of aliphatic hydroxyl groups excluding tert-OH is 2. The molecule has 0 spiro atoms. The first kappa shape index (κ1) is 23.7. The molecular formula is C23H39ClO4. The molecule has 0 aliphatic heterocycles. The van der Waals surface area contributed by atoms with E-state index >= 15 is 0 Å². The Morgan fingerprint density at radius 3 is 2.61 bits per heavy atom. The van der Waals surface area contributed by atoms with E-state index in [0.29, 0.717) is 19.3 Å². The van der Waals surface area contributed by atoms with Gasteiger partial charge in [-0.1, -0.05) is 44.8 Å². The fourth-order valence-corrected chi connectivity index (χ4v) is 5.48. The molecule has 0 bridgehead atoms. The second-order valence-corrected chi connectivity index (χ2v) is 9.40. The minimum Gasteiger partial charge on any atom is -0.469 e. The molecule has 0 saturated heterocycles. The SMILES string of the molecule is CCC1(C(O)CC=C[C@H]2C(O)CC(Cl)[C@@H]2CCCCCCC(=O)OC)CCC1. The molecule has 0 aromatic rings. The van der Waals surface area contributed by atoms with Gasteiger partial charge in [-0.25, -0.2) is 0 Å². The van der Waals surface area contributed by atoms with Gasteiger partial charge in [-0.05, 0) is 56.3 Å². The first-order valence-corrected chi connectivity index (χ1v) is 11.6. The van der Waals surface area contributed by atoms with Gasteiger partial charge in [0, 0.05) is 17.7 Å². The monoisotopic (exact) mass is 414 g/mol. The topological polar surface area (TPSA) is 66.8 Å². The number of halogens is 1. The lowest BCUT2D eigenvalue weighted by atomic mass is 9.63. The first-order valence-electron chi connectivity index (χ1n) is 11.2. The van der Waals surface area contributed by atoms with E-state index in [-0.39, 0.29) is 40.8 Å². The average Bonchev–Trinajstić information content (AvgIpc) is 2.90. The normalized spacial score (nSPS) is 30.3. The molecule has 4 nitrogen and oxygen atoms in total. The van der Waals surface area contributed by atoms with Crippen molar-refractivity contribution in [2.24, 2.45) is 17.3 Å². The molecule has 2 N–H and O–H groups in total. The van der Waals surface area contributed by atoms with E-state index in [9.17, 15) is 15.0 Å². The van der Waals surface area contributed by atoms with Gasteiger partial charge in [0.25, 0.3) is 0 Å². The maximum atomic E-state index is 11.1. The van der Waals surface area contributed by atoms with E-state index < -0.39 is 0 Å². The van der Waals surface area contributed by atoms with Gasteiger partial charge in [-0.3, -0.25) is 4.79 Å². The third-order valence-electron chi connectivity index (χ3n) is 7.24. The molecule has 5 heteroatoms. The van der Waals surface area contributed by atoms with E-state index in [1.54, 1.807) is 0 Å². The van der Waals surface area contributed by atoms with Crippen LogP contribution >= 0.6 is 11.6 Å². The molecule has 2 saturated carbocycles. The summed E-state index contributed by atoms with van der Waals surface area (Å²) >= 11 is 6.53. The maximum absolute atomic E-state index is 11.1. The lowest BCUT2D eigenvalue weighted by molar-refractivity contribution is -0.140. The molecule has 2 fully saturated rings. The van der Waals surface area contributed by atoms with Crippen LogP contribution in [0.25, 0.3) is 0 Å². The number of ether oxygens (including phenoxy) is 1. The summed E-state index contributed by atoms with van der Waals surface area (Å²) < 4.78 is 4.66. The predicted molar refractivity (Wildman–Crippen MR) is 113 cm³/mol. The Balaban J connectivity index is 1.75. The Morgan fingerprint density at radius 1 is 1.29 bits per heavy atom. The molecule has 0 aromatic heterocycles. The number of unbranched alkanes of at least 4 members (excludes halogenated alkanes) is 3. The van der Waals surface area contributed by atoms with Gasteiger partial charge in [0.05, 0.1) is 19.3 Å². The highest BCUT2D eigenvalue weighted by Crippen LogP contribution is 2.48. The van der Waals surface area contributed by atoms with Gasteiger partial charge in [-0.15, -0.1) is 11.6 Å². The Bertz CT molecular complexity index is 497. The molecule has 0 amide bonds. The summed E-state index contributed by atoms with van der Waals surface area (Å²) in [5.41, 5.74) is 0.122. The van der Waals surface area contributed by atoms with Crippen LogP contribution in [-0.4, -0.2) is 40.9 Å². The number of carbonyl (C=O) groups is 1. The van der Waals surface area contributed by atoms with E-state index in [2.05, 4.69) is 23.8 Å². The molecule has 0 radical (unpaired) electrons. The highest BCUT2D eigenvalue weighted by atomic mass is 35.5. The quantitative estimate of drug-likeness (QED) is 0.204. The number of hydrogen-bond donors (Lipinski definition) is 2. The summed E-state index contributed by atoms with van der Waals surface area (Å²) in [4.78, 5) is 11.1. The lowest BCUT2D eigenvalue weighted by Crippen LogP contribution is -2.40. The second kappa shape index (κ2) is 11.6. The van der Waals surface area contributed by atoms with Crippen LogP contribution in [0.3, 0.4) is 0 Å². The van der Waals surface area contributed by atoms with Crippen molar-refractivity contribution in [3.8, 4) is 0 Å². The molecular weight excluding hydrogens is 376 g/mol. The third-order valence-corrected chi connectivity index (χ3v) is 7.75. The summed E-state index contributed by atoms with van der Waals surface area (Å²) in [6, 6.07) is 0. The fourth-order valence-electron chi connectivity index (χ4n) is 5.01. The highest BCUT2D eigenvalue weighted by Gasteiger charge is 2.42. The average molecular weight is 415 g/mol. The number of methoxy groups -OCH3 is 1. The van der Waals surface area contributed by atoms with Crippen LogP contribution in [-0.2, 0) is 9.53 Å². The molecule has 0 aromatic carbocycles. The Morgan fingerprint density at radius 2 is 2.00 bits per heavy atom. The van der Waals surface area contributed by atoms with E-state index in [4.69, 9.17) is 11.6 Å². The van der Waals surface area contributed by atoms with Crippen LogP contribution in [0.5, 0.6) is 0 Å². The summed E-state index contributed by atoms with van der Waals surface area (Å²) in [6.45, 7) is 2.17. The number of aliphatic hydroxyl groups is 2. The minimum atomic E-state index is -0.385. The lowest BCUT2D eigenvalue weighted by Gasteiger charge is -2.45. The van der Waals surface area contributed by atoms with Gasteiger partial charge in [0.15, 0.2) is 0 Å². The first-order chi connectivity index (χ1) is 13.4. The summed E-state index contributed by atoms with van der Waals surface area (Å²) in [6.07, 6.45) is 14.9. The number of carbonyl (C=O) groups excluding carboxylic acids is 1. The third kappa shape index (κ3) is 6.21. The zero-order valence-corrected chi connectivity index (χ0v) is 18.4. The van der Waals surface area contributed by atoms with Gasteiger partial charge in [0.1, 0.15) is 0 Å². The number of esters is 1. The smallest absolute Gasteiger partial charge is 0.305 e. The van der Waals surface area contributed by atoms with Crippen molar-refractivity contribution < 1.29 is 19.7 Å². The van der Waals surface area contributed by atoms with Crippen molar-refractivity contribution in [2.45, 2.75) is 102 Å². The van der Waals surface area contributed by atoms with Crippen LogP contribution in [0.2, 0.25) is 0 Å². The Hall–Kier alpha value is -0.580. The Kier molecular flexibility index (Phi) is 9.79. The van der Waals surface area contributed by atoms with Crippen molar-refractivity contribution in [2.75, 3.05) is 7.11 Å². The standard InChI is InChI=1S/C23H39ClO4/c1-3-23(14-9-15-23)21(26)12-8-11-18-17(19(24)16-20(18)25)10-6-4-5-7-13-22(27)28-2/h8,11,17-21,25-26H,3-7,9-10,12-16H2,1-2H3/t17-,18-,19?,20?,21?/m1/s1. The van der Waals surface area contributed by atoms with Crippen molar-refractivity contribution in [1.29, 1.82) is 0 Å². The molecule has 0 heterocycles. The number of alkyl halides is 1. The largest absolute Gasteiger partial charge is 0.469 e. The van der Waals surface area contributed by atoms with Crippen LogP contribution in [0.15, 0.2) is 12.2 Å². The van der Waals surface area contributed by atoms with Crippen LogP contribution in [0, 0.1) is 17.3 Å². The molecule has 2 rings (SSSR count). The molecule has 2 aliphatic carbocycles. The van der Waals surface area contributed by atoms with Gasteiger partial charge in [-0.2, -0.15) is 0 Å². The van der Waals surface area contributed by atoms with Crippen molar-refractivity contribution in [3.63, 3.8) is 0 Å². The van der Waals surface area contributed by atoms with Crippen molar-refractivity contribution in [1.82, 2.24) is 0 Å². The zero-order chi connectivity index (χ0) is 20.6. The van der Waals surface area contributed by atoms with Crippen LogP contribution in [0.1, 0.15) is 84.0 Å². The summed E-state index contributed by atoms with van der Waals surface area (Å²) in [7, 11) is 1.43. The fraction of sp³-hybridized carbons (Fsp3) is 0.870. The highest BCUT2D eigenvalue weighted by molar-refractivity contribution is 6.21. The van der Waals surface area contributed by atoms with Crippen molar-refractivity contribution >= 4 is 17.6 Å². The summed E-state index contributed by atoms with van der Waals surface area (Å²) in [5, 5.41) is 21.0. The maximum Gasteiger partial charge on any atom is 0.305 e. The second-order valence-electron chi connectivity index (χ2n) is 8.84. The molecule has 28 heavy (non-hydrogen) atoms. The minimum absolute atomic E-state index is 0.0123. The van der Waals surface area contributed by atoms with Gasteiger partial charge in [0.2, 0.25) is 0 Å². The van der Waals surface area contributed by atoms with E-state index in [1.165, 1.54) is 13.5 Å². The number of hydrogen-bond acceptors (Lipinski definition) is 4. The predicted octanol–water partition coefficient (Wildman–Crippen LogP) is 4.99. The van der Waals surface area contributed by atoms with E-state index in [1.807, 2.05) is 0 Å². The molecule has 3 unspecified atom stereocenters.